The van der Waals surface area contributed by atoms with E-state index in [0.29, 0.717) is 19.6 Å². The molecule has 0 aromatic heterocycles. The van der Waals surface area contributed by atoms with Crippen LogP contribution in [0.5, 0.6) is 5.75 Å². The molecule has 2 aromatic carbocycles. The van der Waals surface area contributed by atoms with Crippen LogP contribution >= 0.6 is 0 Å². The second-order valence-electron chi connectivity index (χ2n) is 11.3. The number of nitrogens with zero attached hydrogens (tertiary/aromatic N) is 2. The lowest BCUT2D eigenvalue weighted by Gasteiger charge is -2.23. The van der Waals surface area contributed by atoms with Crippen molar-refractivity contribution < 1.29 is 19.1 Å². The van der Waals surface area contributed by atoms with Gasteiger partial charge in [-0.25, -0.2) is 0 Å². The van der Waals surface area contributed by atoms with Gasteiger partial charge in [-0.15, -0.1) is 0 Å². The van der Waals surface area contributed by atoms with Crippen molar-refractivity contribution in [2.24, 2.45) is 10.4 Å². The van der Waals surface area contributed by atoms with Gasteiger partial charge in [-0.3, -0.25) is 19.5 Å². The molecule has 1 aliphatic heterocycles. The second-order valence-corrected chi connectivity index (χ2v) is 11.3. The molecule has 6 nitrogen and oxygen atoms in total. The number of aliphatic imine (C=N–C) groups is 1. The van der Waals surface area contributed by atoms with Gasteiger partial charge in [0.2, 0.25) is 0 Å². The van der Waals surface area contributed by atoms with Gasteiger partial charge >= 0.3 is 5.97 Å². The largest absolute Gasteiger partial charge is 0.494 e. The van der Waals surface area contributed by atoms with Crippen molar-refractivity contribution in [2.75, 3.05) is 13.7 Å². The Hall–Kier alpha value is -3.15. The van der Waals surface area contributed by atoms with E-state index in [1.807, 2.05) is 30.9 Å². The molecule has 0 saturated heterocycles. The molecule has 1 amide bonds. The van der Waals surface area contributed by atoms with Gasteiger partial charge < -0.3 is 9.47 Å². The Morgan fingerprint density at radius 1 is 1.00 bits per heavy atom. The monoisotopic (exact) mass is 518 g/mol. The Bertz CT molecular complexity index is 1130. The summed E-state index contributed by atoms with van der Waals surface area (Å²) in [6.45, 7) is 7.11. The second kappa shape index (κ2) is 12.1. The highest BCUT2D eigenvalue weighted by atomic mass is 16.5. The average molecular weight is 519 g/mol. The maximum Gasteiger partial charge on any atom is 0.311 e. The summed E-state index contributed by atoms with van der Waals surface area (Å²) in [5.74, 6) is 1.80. The molecular formula is C32H42N2O4. The molecule has 204 valence electrons. The Balaban J connectivity index is 1.33. The van der Waals surface area contributed by atoms with E-state index >= 15 is 0 Å². The van der Waals surface area contributed by atoms with Crippen LogP contribution in [-0.4, -0.2) is 41.9 Å². The standard InChI is InChI=1S/C32H42N2O4/c1-5-6-10-28-33-32(20-7-8-21-32)29(35)34(28)23-24-11-13-25(14-12-24)26-15-17-27(18-16-26)38-22-9-19-31(2,3)30(36)37-4/h11-18H,5-10,19-23H2,1-4H3. The van der Waals surface area contributed by atoms with Crippen LogP contribution in [-0.2, 0) is 20.9 Å². The summed E-state index contributed by atoms with van der Waals surface area (Å²) in [5.41, 5.74) is 2.38. The molecule has 1 aliphatic carbocycles. The van der Waals surface area contributed by atoms with Crippen LogP contribution in [0.15, 0.2) is 53.5 Å². The van der Waals surface area contributed by atoms with Crippen molar-refractivity contribution in [2.45, 2.75) is 90.6 Å². The minimum absolute atomic E-state index is 0.192. The van der Waals surface area contributed by atoms with E-state index in [-0.39, 0.29) is 11.9 Å². The predicted octanol–water partition coefficient (Wildman–Crippen LogP) is 6.96. The smallest absolute Gasteiger partial charge is 0.311 e. The molecule has 1 spiro atoms. The summed E-state index contributed by atoms with van der Waals surface area (Å²) in [7, 11) is 1.42. The first kappa shape index (κ1) is 27.9. The van der Waals surface area contributed by atoms with Gasteiger partial charge in [-0.05, 0) is 74.8 Å². The van der Waals surface area contributed by atoms with Crippen molar-refractivity contribution in [3.8, 4) is 16.9 Å². The lowest BCUT2D eigenvalue weighted by atomic mass is 9.88. The quantitative estimate of drug-likeness (QED) is 0.225. The zero-order chi connectivity index (χ0) is 27.2. The van der Waals surface area contributed by atoms with E-state index in [1.165, 1.54) is 7.11 Å². The fraction of sp³-hybridized carbons (Fsp3) is 0.531. The number of carbonyl (C=O) groups is 2. The molecule has 0 radical (unpaired) electrons. The number of ether oxygens (including phenoxy) is 2. The predicted molar refractivity (Wildman–Crippen MR) is 151 cm³/mol. The van der Waals surface area contributed by atoms with E-state index in [0.717, 1.165) is 79.6 Å². The summed E-state index contributed by atoms with van der Waals surface area (Å²) >= 11 is 0. The van der Waals surface area contributed by atoms with Gasteiger partial charge in [0, 0.05) is 6.42 Å². The molecule has 0 unspecified atom stereocenters. The van der Waals surface area contributed by atoms with Crippen LogP contribution in [0.25, 0.3) is 11.1 Å². The lowest BCUT2D eigenvalue weighted by molar-refractivity contribution is -0.151. The van der Waals surface area contributed by atoms with Gasteiger partial charge in [0.05, 0.1) is 25.7 Å². The molecule has 2 aromatic rings. The molecule has 2 aliphatic rings. The minimum Gasteiger partial charge on any atom is -0.494 e. The van der Waals surface area contributed by atoms with Crippen molar-refractivity contribution in [1.82, 2.24) is 4.90 Å². The number of amides is 1. The normalized spacial score (nSPS) is 16.7. The Morgan fingerprint density at radius 2 is 1.63 bits per heavy atom. The number of benzene rings is 2. The Labute approximate surface area is 227 Å². The average Bonchev–Trinajstić information content (AvgIpc) is 3.51. The number of carbonyl (C=O) groups excluding carboxylic acids is 2. The molecule has 1 heterocycles. The molecule has 6 heteroatoms. The first-order valence-electron chi connectivity index (χ1n) is 14.1. The fourth-order valence-electron chi connectivity index (χ4n) is 5.51. The van der Waals surface area contributed by atoms with Crippen molar-refractivity contribution in [1.29, 1.82) is 0 Å². The Kier molecular flexibility index (Phi) is 8.91. The third kappa shape index (κ3) is 6.28. The van der Waals surface area contributed by atoms with Gasteiger partial charge in [0.25, 0.3) is 5.91 Å². The molecule has 4 rings (SSSR count). The number of hydrogen-bond acceptors (Lipinski definition) is 5. The number of esters is 1. The number of methoxy groups -OCH3 is 1. The van der Waals surface area contributed by atoms with Crippen molar-refractivity contribution >= 4 is 17.7 Å². The third-order valence-electron chi connectivity index (χ3n) is 7.92. The molecule has 38 heavy (non-hydrogen) atoms. The minimum atomic E-state index is -0.502. The first-order valence-corrected chi connectivity index (χ1v) is 14.1. The van der Waals surface area contributed by atoms with E-state index in [1.54, 1.807) is 0 Å². The summed E-state index contributed by atoms with van der Waals surface area (Å²) < 4.78 is 10.8. The maximum atomic E-state index is 13.4. The van der Waals surface area contributed by atoms with Crippen LogP contribution in [0.3, 0.4) is 0 Å². The molecule has 0 atom stereocenters. The summed E-state index contributed by atoms with van der Waals surface area (Å²) in [4.78, 5) is 32.2. The SMILES string of the molecule is CCCCC1=NC2(CCCC2)C(=O)N1Cc1ccc(-c2ccc(OCCCC(C)(C)C(=O)OC)cc2)cc1. The van der Waals surface area contributed by atoms with Crippen LogP contribution in [0.4, 0.5) is 0 Å². The van der Waals surface area contributed by atoms with Crippen LogP contribution < -0.4 is 4.74 Å². The van der Waals surface area contributed by atoms with Crippen LogP contribution in [0.1, 0.15) is 84.1 Å². The van der Waals surface area contributed by atoms with Gasteiger partial charge in [0.15, 0.2) is 0 Å². The van der Waals surface area contributed by atoms with Crippen LogP contribution in [0, 0.1) is 5.41 Å². The summed E-state index contributed by atoms with van der Waals surface area (Å²) in [6, 6.07) is 16.6. The number of rotatable bonds is 12. The molecule has 1 fully saturated rings. The van der Waals surface area contributed by atoms with Crippen molar-refractivity contribution in [3.05, 3.63) is 54.1 Å². The van der Waals surface area contributed by atoms with E-state index in [4.69, 9.17) is 14.5 Å². The van der Waals surface area contributed by atoms with E-state index < -0.39 is 11.0 Å². The van der Waals surface area contributed by atoms with E-state index in [9.17, 15) is 9.59 Å². The fourth-order valence-corrected chi connectivity index (χ4v) is 5.51. The number of unbranched alkanes of at least 4 members (excludes halogenated alkanes) is 1. The topological polar surface area (TPSA) is 68.2 Å². The zero-order valence-corrected chi connectivity index (χ0v) is 23.4. The van der Waals surface area contributed by atoms with Gasteiger partial charge in [-0.2, -0.15) is 0 Å². The maximum absolute atomic E-state index is 13.4. The van der Waals surface area contributed by atoms with Crippen LogP contribution in [0.2, 0.25) is 0 Å². The summed E-state index contributed by atoms with van der Waals surface area (Å²) in [5, 5.41) is 0. The van der Waals surface area contributed by atoms with Gasteiger partial charge in [0.1, 0.15) is 17.1 Å². The summed E-state index contributed by atoms with van der Waals surface area (Å²) in [6.07, 6.45) is 8.48. The van der Waals surface area contributed by atoms with E-state index in [2.05, 4.69) is 43.3 Å². The van der Waals surface area contributed by atoms with Crippen molar-refractivity contribution in [3.63, 3.8) is 0 Å². The zero-order valence-electron chi connectivity index (χ0n) is 23.4. The lowest BCUT2D eigenvalue weighted by Crippen LogP contribution is -2.40. The highest BCUT2D eigenvalue weighted by molar-refractivity contribution is 6.08. The third-order valence-corrected chi connectivity index (χ3v) is 7.92. The molecular weight excluding hydrogens is 476 g/mol. The molecule has 1 saturated carbocycles. The molecule has 0 bridgehead atoms. The molecule has 0 N–H and O–H groups in total. The first-order chi connectivity index (χ1) is 18.3. The van der Waals surface area contributed by atoms with Gasteiger partial charge in [-0.1, -0.05) is 62.6 Å². The highest BCUT2D eigenvalue weighted by Crippen LogP contribution is 2.40. The number of amidine groups is 1. The number of hydrogen-bond donors (Lipinski definition) is 0. The Morgan fingerprint density at radius 3 is 2.24 bits per heavy atom. The highest BCUT2D eigenvalue weighted by Gasteiger charge is 2.49.